The molecular formula is C26H24N4O2S. The van der Waals surface area contributed by atoms with E-state index in [-0.39, 0.29) is 11.9 Å². The van der Waals surface area contributed by atoms with Gasteiger partial charge in [-0.1, -0.05) is 42.5 Å². The van der Waals surface area contributed by atoms with E-state index in [2.05, 4.69) is 39.1 Å². The lowest BCUT2D eigenvalue weighted by atomic mass is 9.93. The van der Waals surface area contributed by atoms with E-state index in [9.17, 15) is 9.00 Å². The topological polar surface area (TPSA) is 69.3 Å². The zero-order chi connectivity index (χ0) is 22.4. The molecule has 33 heavy (non-hydrogen) atoms. The van der Waals surface area contributed by atoms with Gasteiger partial charge in [-0.2, -0.15) is 0 Å². The molecule has 1 saturated heterocycles. The van der Waals surface area contributed by atoms with Crippen LogP contribution in [0, 0.1) is 0 Å². The van der Waals surface area contributed by atoms with Crippen LogP contribution in [0.2, 0.25) is 0 Å². The zero-order valence-electron chi connectivity index (χ0n) is 18.1. The Balaban J connectivity index is 1.30. The summed E-state index contributed by atoms with van der Waals surface area (Å²) in [4.78, 5) is 26.0. The molecule has 2 atom stereocenters. The van der Waals surface area contributed by atoms with Crippen molar-refractivity contribution in [3.05, 3.63) is 95.4 Å². The Morgan fingerprint density at radius 3 is 2.55 bits per heavy atom. The van der Waals surface area contributed by atoms with Gasteiger partial charge in [-0.15, -0.1) is 0 Å². The molecule has 2 aliphatic rings. The molecule has 1 amide bonds. The lowest BCUT2D eigenvalue weighted by molar-refractivity contribution is 0.0597. The molecule has 2 aromatic carbocycles. The molecule has 0 spiro atoms. The molecule has 4 heterocycles. The molecule has 7 heteroatoms. The zero-order valence-corrected chi connectivity index (χ0v) is 18.9. The van der Waals surface area contributed by atoms with Gasteiger partial charge in [0, 0.05) is 55.1 Å². The van der Waals surface area contributed by atoms with Crippen LogP contribution in [0.4, 0.5) is 0 Å². The van der Waals surface area contributed by atoms with Crippen molar-refractivity contribution >= 4 is 27.6 Å². The maximum absolute atomic E-state index is 13.3. The van der Waals surface area contributed by atoms with Crippen LogP contribution in [0.1, 0.15) is 33.1 Å². The highest BCUT2D eigenvalue weighted by atomic mass is 32.2. The van der Waals surface area contributed by atoms with Gasteiger partial charge in [0.15, 0.2) is 0 Å². The number of carbonyl (C=O) groups is 1. The molecule has 1 fully saturated rings. The number of piperazine rings is 1. The number of rotatable bonds is 2. The molecular weight excluding hydrogens is 432 g/mol. The van der Waals surface area contributed by atoms with Crippen molar-refractivity contribution in [1.82, 2.24) is 19.8 Å². The van der Waals surface area contributed by atoms with E-state index in [1.165, 1.54) is 5.56 Å². The number of carbonyl (C=O) groups excluding carboxylic acids is 1. The molecule has 0 aliphatic carbocycles. The summed E-state index contributed by atoms with van der Waals surface area (Å²) < 4.78 is 13.1. The van der Waals surface area contributed by atoms with Gasteiger partial charge in [-0.25, -0.2) is 0 Å². The second kappa shape index (κ2) is 8.24. The normalized spacial score (nSPS) is 20.8. The number of hydrogen-bond donors (Lipinski definition) is 1. The molecule has 4 aromatic rings. The van der Waals surface area contributed by atoms with Crippen molar-refractivity contribution in [1.29, 1.82) is 0 Å². The van der Waals surface area contributed by atoms with Crippen LogP contribution >= 0.6 is 0 Å². The van der Waals surface area contributed by atoms with Crippen molar-refractivity contribution in [2.24, 2.45) is 0 Å². The summed E-state index contributed by atoms with van der Waals surface area (Å²) in [5.74, 6) is 0.549. The Hall–Kier alpha value is -3.29. The molecule has 0 saturated carbocycles. The standard InChI is InChI=1S/C26H24N4O2S/c31-26(22-16-27-15-18-9-10-28-24(18)22)30-13-11-29(12-14-30)25-20-6-2-1-5-19(20)17-33(32)23-8-4-3-7-21(23)25/h1-10,15-16,25,28H,11-14,17H2. The third-order valence-corrected chi connectivity index (χ3v) is 8.19. The largest absolute Gasteiger partial charge is 0.360 e. The Kier molecular flexibility index (Phi) is 5.08. The number of hydrogen-bond acceptors (Lipinski definition) is 4. The Bertz CT molecular complexity index is 1370. The minimum atomic E-state index is -1.07. The highest BCUT2D eigenvalue weighted by molar-refractivity contribution is 7.84. The number of benzene rings is 2. The highest BCUT2D eigenvalue weighted by Crippen LogP contribution is 2.38. The minimum Gasteiger partial charge on any atom is -0.360 e. The summed E-state index contributed by atoms with van der Waals surface area (Å²) in [5.41, 5.74) is 4.93. The van der Waals surface area contributed by atoms with Crippen molar-refractivity contribution in [2.45, 2.75) is 16.7 Å². The number of H-pyrrole nitrogens is 1. The Morgan fingerprint density at radius 1 is 0.939 bits per heavy atom. The number of aromatic amines is 1. The van der Waals surface area contributed by atoms with Crippen LogP contribution in [0.3, 0.4) is 0 Å². The summed E-state index contributed by atoms with van der Waals surface area (Å²) in [6, 6.07) is 18.4. The second-order valence-electron chi connectivity index (χ2n) is 8.59. The predicted octanol–water partition coefficient (Wildman–Crippen LogP) is 3.73. The number of amides is 1. The van der Waals surface area contributed by atoms with Gasteiger partial charge in [-0.3, -0.25) is 18.9 Å². The fourth-order valence-corrected chi connectivity index (χ4v) is 6.49. The molecule has 1 N–H and O–H groups in total. The fraction of sp³-hybridized carbons (Fsp3) is 0.231. The summed E-state index contributed by atoms with van der Waals surface area (Å²) in [7, 11) is -1.07. The van der Waals surface area contributed by atoms with Gasteiger partial charge in [0.05, 0.1) is 33.7 Å². The maximum atomic E-state index is 13.3. The molecule has 2 unspecified atom stereocenters. The van der Waals surface area contributed by atoms with Crippen LogP contribution < -0.4 is 0 Å². The summed E-state index contributed by atoms with van der Waals surface area (Å²) in [6.07, 6.45) is 5.26. The SMILES string of the molecule is O=C(c1cncc2cc[nH]c12)N1CCN(C2c3ccccc3CS(=O)c3ccccc32)CC1. The number of aromatic nitrogens is 2. The first-order valence-corrected chi connectivity index (χ1v) is 12.5. The summed E-state index contributed by atoms with van der Waals surface area (Å²) in [5, 5.41) is 0.944. The minimum absolute atomic E-state index is 0.0120. The quantitative estimate of drug-likeness (QED) is 0.499. The van der Waals surface area contributed by atoms with Crippen LogP contribution in [-0.4, -0.2) is 56.1 Å². The molecule has 0 radical (unpaired) electrons. The number of nitrogens with one attached hydrogen (secondary N) is 1. The van der Waals surface area contributed by atoms with Gasteiger partial charge in [-0.05, 0) is 28.8 Å². The molecule has 6 nitrogen and oxygen atoms in total. The van der Waals surface area contributed by atoms with Crippen molar-refractivity contribution in [3.63, 3.8) is 0 Å². The van der Waals surface area contributed by atoms with Crippen molar-refractivity contribution < 1.29 is 9.00 Å². The predicted molar refractivity (Wildman–Crippen MR) is 128 cm³/mol. The smallest absolute Gasteiger partial charge is 0.257 e. The van der Waals surface area contributed by atoms with Crippen molar-refractivity contribution in [2.75, 3.05) is 26.2 Å². The highest BCUT2D eigenvalue weighted by Gasteiger charge is 2.34. The third-order valence-electron chi connectivity index (χ3n) is 6.76. The monoisotopic (exact) mass is 456 g/mol. The Morgan fingerprint density at radius 2 is 1.70 bits per heavy atom. The fourth-order valence-electron chi connectivity index (χ4n) is 5.12. The average molecular weight is 457 g/mol. The van der Waals surface area contributed by atoms with Gasteiger partial charge in [0.2, 0.25) is 0 Å². The molecule has 2 aromatic heterocycles. The second-order valence-corrected chi connectivity index (χ2v) is 10.0. The number of fused-ring (bicyclic) bond motifs is 3. The molecule has 166 valence electrons. The van der Waals surface area contributed by atoms with E-state index < -0.39 is 10.8 Å². The first-order chi connectivity index (χ1) is 16.2. The number of pyridine rings is 1. The summed E-state index contributed by atoms with van der Waals surface area (Å²) in [6.45, 7) is 2.78. The van der Waals surface area contributed by atoms with Crippen LogP contribution in [0.25, 0.3) is 10.9 Å². The Labute approximate surface area is 194 Å². The molecule has 6 rings (SSSR count). The van der Waals surface area contributed by atoms with Crippen LogP contribution in [0.5, 0.6) is 0 Å². The average Bonchev–Trinajstić information content (AvgIpc) is 3.30. The van der Waals surface area contributed by atoms with E-state index in [1.807, 2.05) is 41.4 Å². The first-order valence-electron chi connectivity index (χ1n) is 11.2. The van der Waals surface area contributed by atoms with Gasteiger partial charge in [0.1, 0.15) is 0 Å². The van der Waals surface area contributed by atoms with Crippen LogP contribution in [0.15, 0.2) is 78.1 Å². The maximum Gasteiger partial charge on any atom is 0.257 e. The molecule has 0 bridgehead atoms. The van der Waals surface area contributed by atoms with E-state index in [0.29, 0.717) is 24.4 Å². The van der Waals surface area contributed by atoms with Gasteiger partial charge >= 0.3 is 0 Å². The van der Waals surface area contributed by atoms with Crippen LogP contribution in [-0.2, 0) is 16.6 Å². The van der Waals surface area contributed by atoms with E-state index in [4.69, 9.17) is 0 Å². The van der Waals surface area contributed by atoms with Gasteiger partial charge < -0.3 is 9.88 Å². The third kappa shape index (κ3) is 3.48. The lowest BCUT2D eigenvalue weighted by Crippen LogP contribution is -2.50. The van der Waals surface area contributed by atoms with Crippen molar-refractivity contribution in [3.8, 4) is 0 Å². The summed E-state index contributed by atoms with van der Waals surface area (Å²) >= 11 is 0. The van der Waals surface area contributed by atoms with E-state index in [0.717, 1.165) is 40.0 Å². The van der Waals surface area contributed by atoms with Gasteiger partial charge in [0.25, 0.3) is 5.91 Å². The first kappa shape index (κ1) is 20.3. The number of nitrogens with zero attached hydrogens (tertiary/aromatic N) is 3. The van der Waals surface area contributed by atoms with E-state index in [1.54, 1.807) is 12.4 Å². The molecule has 2 aliphatic heterocycles. The lowest BCUT2D eigenvalue weighted by Gasteiger charge is -2.40. The van der Waals surface area contributed by atoms with E-state index >= 15 is 0 Å².